The summed E-state index contributed by atoms with van der Waals surface area (Å²) >= 11 is 0. The van der Waals surface area contributed by atoms with E-state index in [1.165, 1.54) is 63.5 Å². The molecule has 2 aromatic rings. The number of non-ortho nitro benzene ring substituents is 1. The fraction of sp³-hybridized carbons (Fsp3) is 0.676. The van der Waals surface area contributed by atoms with Gasteiger partial charge in [-0.15, -0.1) is 5.11 Å². The van der Waals surface area contributed by atoms with E-state index >= 15 is 0 Å². The van der Waals surface area contributed by atoms with E-state index in [0.717, 1.165) is 31.4 Å². The molecule has 0 atom stereocenters. The number of phenols is 1. The third-order valence-corrected chi connectivity index (χ3v) is 8.88. The van der Waals surface area contributed by atoms with E-state index in [2.05, 4.69) is 31.0 Å². The van der Waals surface area contributed by atoms with Gasteiger partial charge in [-0.2, -0.15) is 5.11 Å². The van der Waals surface area contributed by atoms with Crippen LogP contribution in [0.25, 0.3) is 0 Å². The van der Waals surface area contributed by atoms with E-state index in [1.807, 2.05) is 0 Å². The number of nitro benzene ring substituents is 2. The van der Waals surface area contributed by atoms with Crippen LogP contribution in [0.3, 0.4) is 0 Å². The van der Waals surface area contributed by atoms with Crippen molar-refractivity contribution >= 4 is 22.7 Å². The van der Waals surface area contributed by atoms with Crippen molar-refractivity contribution in [1.29, 1.82) is 0 Å². The molecule has 0 spiro atoms. The SMILES string of the molecule is CCCCCCCCCCCCC1(Cc2cc(N=Nc3ccc([N+](=O)[O-])cc3[N+](=O)[O-])ccc2O)COCCOCC(C)(C)COCCOC1. The van der Waals surface area contributed by atoms with E-state index in [1.54, 1.807) is 12.1 Å². The Morgan fingerprint density at radius 3 is 1.84 bits per heavy atom. The second kappa shape index (κ2) is 21.6. The maximum atomic E-state index is 11.6. The van der Waals surface area contributed by atoms with Gasteiger partial charge in [-0.3, -0.25) is 20.2 Å². The minimum Gasteiger partial charge on any atom is -0.508 e. The average molecular weight is 701 g/mol. The highest BCUT2D eigenvalue weighted by Crippen LogP contribution is 2.37. The normalized spacial score (nSPS) is 17.3. The third-order valence-electron chi connectivity index (χ3n) is 8.88. The average Bonchev–Trinajstić information content (AvgIpc) is 3.08. The molecule has 1 fully saturated rings. The monoisotopic (exact) mass is 700 g/mol. The summed E-state index contributed by atoms with van der Waals surface area (Å²) in [5.74, 6) is 0.0843. The van der Waals surface area contributed by atoms with Crippen molar-refractivity contribution < 1.29 is 33.9 Å². The molecule has 2 aromatic carbocycles. The predicted octanol–water partition coefficient (Wildman–Crippen LogP) is 9.57. The smallest absolute Gasteiger partial charge is 0.303 e. The number of hydrogen-bond acceptors (Lipinski definition) is 11. The molecule has 1 saturated heterocycles. The highest BCUT2D eigenvalue weighted by atomic mass is 16.6. The minimum atomic E-state index is -0.731. The van der Waals surface area contributed by atoms with Gasteiger partial charge in [0, 0.05) is 16.9 Å². The Labute approximate surface area is 296 Å². The van der Waals surface area contributed by atoms with E-state index in [-0.39, 0.29) is 16.9 Å². The first kappa shape index (κ1) is 40.9. The molecule has 0 radical (unpaired) electrons. The number of hydrogen-bond donors (Lipinski definition) is 1. The van der Waals surface area contributed by atoms with Crippen LogP contribution in [0.5, 0.6) is 5.75 Å². The van der Waals surface area contributed by atoms with Crippen molar-refractivity contribution in [3.8, 4) is 5.75 Å². The molecule has 3 rings (SSSR count). The molecule has 50 heavy (non-hydrogen) atoms. The van der Waals surface area contributed by atoms with Gasteiger partial charge < -0.3 is 24.1 Å². The Bertz CT molecular complexity index is 1350. The fourth-order valence-electron chi connectivity index (χ4n) is 6.06. The molecule has 0 aliphatic carbocycles. The van der Waals surface area contributed by atoms with E-state index in [0.29, 0.717) is 70.5 Å². The Balaban J connectivity index is 1.78. The lowest BCUT2D eigenvalue weighted by molar-refractivity contribution is -0.393. The lowest BCUT2D eigenvalue weighted by atomic mass is 9.78. The van der Waals surface area contributed by atoms with E-state index < -0.39 is 26.6 Å². The summed E-state index contributed by atoms with van der Waals surface area (Å²) in [5, 5.41) is 41.9. The summed E-state index contributed by atoms with van der Waals surface area (Å²) in [6, 6.07) is 7.99. The molecule has 0 bridgehead atoms. The van der Waals surface area contributed by atoms with Crippen LogP contribution in [-0.4, -0.2) is 67.8 Å². The molecule has 0 saturated carbocycles. The quantitative estimate of drug-likeness (QED) is 0.0731. The standard InChI is InChI=1S/C37H56N4O9/c1-4-5-6-7-8-9-10-11-12-13-18-37(28-49-21-19-47-26-36(2,3)27-48-20-22-50-29-37)25-30-23-31(14-17-35(30)42)38-39-33-16-15-32(40(43)44)24-34(33)41(45)46/h14-17,23-24,42H,4-13,18-22,25-29H2,1-3H3. The van der Waals surface area contributed by atoms with Gasteiger partial charge in [0.05, 0.1) is 74.5 Å². The molecule has 0 amide bonds. The second-order valence-corrected chi connectivity index (χ2v) is 14.2. The van der Waals surface area contributed by atoms with Crippen LogP contribution in [0.15, 0.2) is 46.6 Å². The van der Waals surface area contributed by atoms with Crippen LogP contribution in [0.4, 0.5) is 22.7 Å². The van der Waals surface area contributed by atoms with Crippen molar-refractivity contribution in [3.05, 3.63) is 62.2 Å². The summed E-state index contributed by atoms with van der Waals surface area (Å²) in [7, 11) is 0. The van der Waals surface area contributed by atoms with Gasteiger partial charge >= 0.3 is 5.69 Å². The first-order valence-corrected chi connectivity index (χ1v) is 18.0. The van der Waals surface area contributed by atoms with E-state index in [4.69, 9.17) is 18.9 Å². The highest BCUT2D eigenvalue weighted by Gasteiger charge is 2.33. The molecule has 13 heteroatoms. The molecule has 0 unspecified atom stereocenters. The molecular weight excluding hydrogens is 644 g/mol. The Kier molecular flexibility index (Phi) is 17.7. The lowest BCUT2D eigenvalue weighted by Gasteiger charge is -2.34. The van der Waals surface area contributed by atoms with Crippen molar-refractivity contribution in [1.82, 2.24) is 0 Å². The zero-order chi connectivity index (χ0) is 36.2. The first-order chi connectivity index (χ1) is 24.0. The molecule has 278 valence electrons. The summed E-state index contributed by atoms with van der Waals surface area (Å²) < 4.78 is 24.3. The number of nitro groups is 2. The summed E-state index contributed by atoms with van der Waals surface area (Å²) in [5.41, 5.74) is -0.650. The largest absolute Gasteiger partial charge is 0.508 e. The molecule has 13 nitrogen and oxygen atoms in total. The Morgan fingerprint density at radius 2 is 1.28 bits per heavy atom. The van der Waals surface area contributed by atoms with Crippen molar-refractivity contribution in [2.45, 2.75) is 97.8 Å². The number of azo groups is 1. The molecular formula is C37H56N4O9. The van der Waals surface area contributed by atoms with Gasteiger partial charge in [0.1, 0.15) is 5.75 Å². The van der Waals surface area contributed by atoms with Crippen LogP contribution in [0, 0.1) is 31.1 Å². The zero-order valence-corrected chi connectivity index (χ0v) is 30.1. The van der Waals surface area contributed by atoms with Gasteiger partial charge in [0.25, 0.3) is 5.69 Å². The highest BCUT2D eigenvalue weighted by molar-refractivity contribution is 5.62. The first-order valence-electron chi connectivity index (χ1n) is 18.0. The van der Waals surface area contributed by atoms with Crippen LogP contribution >= 0.6 is 0 Å². The number of benzene rings is 2. The summed E-state index contributed by atoms with van der Waals surface area (Å²) in [4.78, 5) is 21.3. The van der Waals surface area contributed by atoms with Crippen LogP contribution in [-0.2, 0) is 25.4 Å². The maximum Gasteiger partial charge on any atom is 0.303 e. The van der Waals surface area contributed by atoms with Gasteiger partial charge in [0.15, 0.2) is 5.69 Å². The number of unbranched alkanes of at least 4 members (excludes halogenated alkanes) is 9. The van der Waals surface area contributed by atoms with Crippen molar-refractivity contribution in [3.63, 3.8) is 0 Å². The minimum absolute atomic E-state index is 0.0843. The molecule has 1 N–H and O–H groups in total. The number of rotatable bonds is 17. The van der Waals surface area contributed by atoms with Crippen molar-refractivity contribution in [2.24, 2.45) is 21.1 Å². The molecule has 0 aromatic heterocycles. The predicted molar refractivity (Wildman–Crippen MR) is 192 cm³/mol. The number of nitrogens with zero attached hydrogens (tertiary/aromatic N) is 4. The van der Waals surface area contributed by atoms with Gasteiger partial charge in [-0.25, -0.2) is 0 Å². The molecule has 1 aliphatic heterocycles. The van der Waals surface area contributed by atoms with Gasteiger partial charge in [-0.1, -0.05) is 85.0 Å². The Morgan fingerprint density at radius 1 is 0.720 bits per heavy atom. The van der Waals surface area contributed by atoms with Crippen LogP contribution in [0.2, 0.25) is 0 Å². The number of ether oxygens (including phenoxy) is 4. The van der Waals surface area contributed by atoms with Gasteiger partial charge in [0.2, 0.25) is 0 Å². The van der Waals surface area contributed by atoms with Crippen molar-refractivity contribution in [2.75, 3.05) is 52.9 Å². The fourth-order valence-corrected chi connectivity index (χ4v) is 6.06. The lowest BCUT2D eigenvalue weighted by Crippen LogP contribution is -2.36. The number of phenolic OH excluding ortho intramolecular Hbond substituents is 1. The summed E-state index contributed by atoms with van der Waals surface area (Å²) in [6.07, 6.45) is 13.5. The van der Waals surface area contributed by atoms with Crippen LogP contribution < -0.4 is 0 Å². The summed E-state index contributed by atoms with van der Waals surface area (Å²) in [6.45, 7) is 10.1. The van der Waals surface area contributed by atoms with E-state index in [9.17, 15) is 25.3 Å². The molecule has 1 heterocycles. The second-order valence-electron chi connectivity index (χ2n) is 14.2. The third kappa shape index (κ3) is 14.8. The zero-order valence-electron chi connectivity index (χ0n) is 30.1. The maximum absolute atomic E-state index is 11.6. The number of aromatic hydroxyl groups is 1. The Hall–Kier alpha value is -3.52. The molecule has 1 aliphatic rings. The van der Waals surface area contributed by atoms with Crippen LogP contribution in [0.1, 0.15) is 97.0 Å². The topological polar surface area (TPSA) is 168 Å². The van der Waals surface area contributed by atoms with Gasteiger partial charge in [-0.05, 0) is 42.7 Å².